The Bertz CT molecular complexity index is 1220. The van der Waals surface area contributed by atoms with Crippen molar-refractivity contribution in [2.75, 3.05) is 0 Å². The first-order valence-corrected chi connectivity index (χ1v) is 11.4. The molecule has 1 heterocycles. The molecule has 2 aromatic carbocycles. The summed E-state index contributed by atoms with van der Waals surface area (Å²) in [6.07, 6.45) is -2.31. The second-order valence-electron chi connectivity index (χ2n) is 8.42. The molecule has 3 atom stereocenters. The molecule has 0 saturated heterocycles. The van der Waals surface area contributed by atoms with Gasteiger partial charge in [-0.25, -0.2) is 9.59 Å². The Labute approximate surface area is 206 Å². The number of hydrogen-bond acceptors (Lipinski definition) is 10. The van der Waals surface area contributed by atoms with Crippen LogP contribution in [0.25, 0.3) is 0 Å². The van der Waals surface area contributed by atoms with Crippen LogP contribution >= 0.6 is 0 Å². The second-order valence-corrected chi connectivity index (χ2v) is 8.42. The molecular weight excluding hydrogens is 472 g/mol. The summed E-state index contributed by atoms with van der Waals surface area (Å²) in [5.74, 6) is -4.10. The van der Waals surface area contributed by atoms with E-state index in [-0.39, 0.29) is 12.2 Å². The summed E-state index contributed by atoms with van der Waals surface area (Å²) < 4.78 is 26.1. The number of hydrogen-bond donors (Lipinski definition) is 0. The normalized spacial score (nSPS) is 17.5. The highest BCUT2D eigenvalue weighted by molar-refractivity contribution is 5.90. The van der Waals surface area contributed by atoms with E-state index < -0.39 is 48.2 Å². The first-order valence-electron chi connectivity index (χ1n) is 11.4. The van der Waals surface area contributed by atoms with E-state index >= 15 is 0 Å². The van der Waals surface area contributed by atoms with Crippen molar-refractivity contribution in [3.8, 4) is 11.5 Å². The average Bonchev–Trinajstić information content (AvgIpc) is 3.20. The van der Waals surface area contributed by atoms with Crippen LogP contribution in [0.1, 0.15) is 49.5 Å². The third-order valence-corrected chi connectivity index (χ3v) is 5.71. The Hall–Kier alpha value is -4.21. The minimum absolute atomic E-state index is 0.000635. The molecule has 1 aliphatic heterocycles. The van der Waals surface area contributed by atoms with Gasteiger partial charge in [0, 0.05) is 19.4 Å². The van der Waals surface area contributed by atoms with Gasteiger partial charge < -0.3 is 23.7 Å². The van der Waals surface area contributed by atoms with Crippen LogP contribution in [0.15, 0.2) is 42.5 Å². The van der Waals surface area contributed by atoms with Crippen LogP contribution in [0.4, 0.5) is 0 Å². The van der Waals surface area contributed by atoms with Gasteiger partial charge in [-0.15, -0.1) is 0 Å². The molecule has 3 unspecified atom stereocenters. The predicted octanol–water partition coefficient (Wildman–Crippen LogP) is 2.54. The van der Waals surface area contributed by atoms with Crippen molar-refractivity contribution >= 4 is 29.8 Å². The molecule has 10 nitrogen and oxygen atoms in total. The second kappa shape index (κ2) is 10.6. The zero-order chi connectivity index (χ0) is 25.8. The minimum Gasteiger partial charge on any atom is -0.455 e. The van der Waals surface area contributed by atoms with E-state index in [9.17, 15) is 24.0 Å². The molecule has 2 aliphatic rings. The lowest BCUT2D eigenvalue weighted by Crippen LogP contribution is -2.48. The van der Waals surface area contributed by atoms with Gasteiger partial charge in [-0.2, -0.15) is 0 Å². The van der Waals surface area contributed by atoms with E-state index in [1.54, 1.807) is 0 Å². The lowest BCUT2D eigenvalue weighted by Gasteiger charge is -2.28. The topological polar surface area (TPSA) is 132 Å². The van der Waals surface area contributed by atoms with Gasteiger partial charge in [0.25, 0.3) is 0 Å². The van der Waals surface area contributed by atoms with Crippen LogP contribution in [0.2, 0.25) is 0 Å². The SMILES string of the molecule is CC(=O)OC(C(=O)Oc1ccc2c(c1)CC(=O)O2)C(OC(C)=O)C(=O)OC1CCCc2ccccc21. The van der Waals surface area contributed by atoms with Gasteiger partial charge in [0.2, 0.25) is 12.2 Å². The van der Waals surface area contributed by atoms with Gasteiger partial charge in [0.1, 0.15) is 17.6 Å². The number of carbonyl (C=O) groups excluding carboxylic acids is 5. The smallest absolute Gasteiger partial charge is 0.357 e. The van der Waals surface area contributed by atoms with Gasteiger partial charge in [0.15, 0.2) is 0 Å². The molecule has 1 aliphatic carbocycles. The Morgan fingerprint density at radius 2 is 1.61 bits per heavy atom. The summed E-state index contributed by atoms with van der Waals surface area (Å²) in [7, 11) is 0. The largest absolute Gasteiger partial charge is 0.455 e. The Kier molecular flexibility index (Phi) is 7.33. The van der Waals surface area contributed by atoms with Gasteiger partial charge in [-0.3, -0.25) is 14.4 Å². The van der Waals surface area contributed by atoms with E-state index in [1.165, 1.54) is 18.2 Å². The number of benzene rings is 2. The maximum atomic E-state index is 13.2. The summed E-state index contributed by atoms with van der Waals surface area (Å²) in [5, 5.41) is 0. The van der Waals surface area contributed by atoms with Gasteiger partial charge in [-0.1, -0.05) is 24.3 Å². The standard InChI is InChI=1S/C26H24O10/c1-14(27)32-23(25(30)34-18-10-11-20-17(12-18)13-22(29)35-20)24(33-15(2)28)26(31)36-21-9-5-7-16-6-3-4-8-19(16)21/h3-4,6,8,10-12,21,23-24H,5,7,9,13H2,1-2H3. The van der Waals surface area contributed by atoms with Crippen molar-refractivity contribution in [1.29, 1.82) is 0 Å². The molecule has 0 radical (unpaired) electrons. The molecule has 0 amide bonds. The van der Waals surface area contributed by atoms with E-state index in [0.29, 0.717) is 17.7 Å². The fourth-order valence-electron chi connectivity index (χ4n) is 4.21. The Morgan fingerprint density at radius 1 is 0.917 bits per heavy atom. The number of fused-ring (bicyclic) bond motifs is 2. The highest BCUT2D eigenvalue weighted by Gasteiger charge is 2.43. The molecule has 0 spiro atoms. The average molecular weight is 496 g/mol. The van der Waals surface area contributed by atoms with Crippen LogP contribution in [0, 0.1) is 0 Å². The van der Waals surface area contributed by atoms with Crippen LogP contribution in [-0.4, -0.2) is 42.1 Å². The van der Waals surface area contributed by atoms with Gasteiger partial charge in [0.05, 0.1) is 6.42 Å². The first-order chi connectivity index (χ1) is 17.2. The lowest BCUT2D eigenvalue weighted by atomic mass is 9.89. The van der Waals surface area contributed by atoms with Gasteiger partial charge in [-0.05, 0) is 48.6 Å². The molecular formula is C26H24O10. The molecule has 10 heteroatoms. The summed E-state index contributed by atoms with van der Waals surface area (Å²) in [6.45, 7) is 2.08. The molecule has 36 heavy (non-hydrogen) atoms. The van der Waals surface area contributed by atoms with E-state index in [1.807, 2.05) is 24.3 Å². The number of aryl methyl sites for hydroxylation is 1. The minimum atomic E-state index is -1.93. The Morgan fingerprint density at radius 3 is 2.33 bits per heavy atom. The quantitative estimate of drug-likeness (QED) is 0.320. The third-order valence-electron chi connectivity index (χ3n) is 5.71. The fourth-order valence-corrected chi connectivity index (χ4v) is 4.21. The molecule has 0 saturated carbocycles. The number of carbonyl (C=O) groups is 5. The monoisotopic (exact) mass is 496 g/mol. The molecule has 0 N–H and O–H groups in total. The molecule has 4 rings (SSSR count). The van der Waals surface area contributed by atoms with Crippen molar-refractivity contribution in [3.63, 3.8) is 0 Å². The van der Waals surface area contributed by atoms with Crippen molar-refractivity contribution in [3.05, 3.63) is 59.2 Å². The zero-order valence-corrected chi connectivity index (χ0v) is 19.7. The summed E-state index contributed by atoms with van der Waals surface area (Å²) in [6, 6.07) is 11.7. The summed E-state index contributed by atoms with van der Waals surface area (Å²) in [4.78, 5) is 61.3. The molecule has 0 bridgehead atoms. The molecule has 2 aromatic rings. The van der Waals surface area contributed by atoms with Crippen LogP contribution < -0.4 is 9.47 Å². The van der Waals surface area contributed by atoms with Crippen LogP contribution in [0.3, 0.4) is 0 Å². The van der Waals surface area contributed by atoms with Crippen molar-refractivity contribution < 1.29 is 47.7 Å². The maximum absolute atomic E-state index is 13.2. The van der Waals surface area contributed by atoms with Crippen LogP contribution in [0.5, 0.6) is 11.5 Å². The number of esters is 5. The first kappa shape index (κ1) is 24.9. The summed E-state index contributed by atoms with van der Waals surface area (Å²) in [5.41, 5.74) is 2.35. The third kappa shape index (κ3) is 5.70. The number of rotatable bonds is 7. The van der Waals surface area contributed by atoms with E-state index in [4.69, 9.17) is 23.7 Å². The van der Waals surface area contributed by atoms with E-state index in [0.717, 1.165) is 37.8 Å². The zero-order valence-electron chi connectivity index (χ0n) is 19.7. The van der Waals surface area contributed by atoms with Crippen molar-refractivity contribution in [2.24, 2.45) is 0 Å². The van der Waals surface area contributed by atoms with Crippen molar-refractivity contribution in [2.45, 2.75) is 57.8 Å². The molecule has 188 valence electrons. The Balaban J connectivity index is 1.56. The predicted molar refractivity (Wildman–Crippen MR) is 121 cm³/mol. The fraction of sp³-hybridized carbons (Fsp3) is 0.346. The summed E-state index contributed by atoms with van der Waals surface area (Å²) >= 11 is 0. The van der Waals surface area contributed by atoms with Gasteiger partial charge >= 0.3 is 29.8 Å². The maximum Gasteiger partial charge on any atom is 0.357 e. The van der Waals surface area contributed by atoms with Crippen molar-refractivity contribution in [1.82, 2.24) is 0 Å². The molecule has 0 fully saturated rings. The molecule has 0 aromatic heterocycles. The highest BCUT2D eigenvalue weighted by atomic mass is 16.6. The number of ether oxygens (including phenoxy) is 5. The van der Waals surface area contributed by atoms with E-state index in [2.05, 4.69) is 0 Å². The lowest BCUT2D eigenvalue weighted by molar-refractivity contribution is -0.190. The van der Waals surface area contributed by atoms with Crippen LogP contribution in [-0.2, 0) is 51.0 Å². The highest BCUT2D eigenvalue weighted by Crippen LogP contribution is 2.33.